The third kappa shape index (κ3) is 4.40. The first-order chi connectivity index (χ1) is 14.6. The number of nitrogens with one attached hydrogen (secondary N) is 1. The molecule has 1 fully saturated rings. The number of nitrogens with zero attached hydrogens (tertiary/aromatic N) is 5. The Kier molecular flexibility index (Phi) is 5.60. The van der Waals surface area contributed by atoms with E-state index < -0.39 is 4.92 Å². The van der Waals surface area contributed by atoms with E-state index in [0.29, 0.717) is 31.6 Å². The van der Waals surface area contributed by atoms with Gasteiger partial charge in [-0.1, -0.05) is 6.07 Å². The van der Waals surface area contributed by atoms with E-state index in [-0.39, 0.29) is 17.5 Å². The summed E-state index contributed by atoms with van der Waals surface area (Å²) in [5.41, 5.74) is 2.07. The number of non-ortho nitro benzene ring substituents is 1. The molecule has 1 aliphatic heterocycles. The van der Waals surface area contributed by atoms with Crippen LogP contribution in [0.4, 0.5) is 17.2 Å². The van der Waals surface area contributed by atoms with E-state index in [1.807, 2.05) is 24.3 Å². The lowest BCUT2D eigenvalue weighted by Crippen LogP contribution is -2.38. The molecule has 0 saturated carbocycles. The Morgan fingerprint density at radius 1 is 1.10 bits per heavy atom. The van der Waals surface area contributed by atoms with Gasteiger partial charge in [0.25, 0.3) is 5.69 Å². The number of hydrogen-bond donors (Lipinski definition) is 1. The van der Waals surface area contributed by atoms with Crippen LogP contribution in [0.25, 0.3) is 11.3 Å². The van der Waals surface area contributed by atoms with Crippen LogP contribution in [0.2, 0.25) is 0 Å². The highest BCUT2D eigenvalue weighted by Crippen LogP contribution is 2.25. The highest BCUT2D eigenvalue weighted by Gasteiger charge is 2.26. The summed E-state index contributed by atoms with van der Waals surface area (Å²) in [7, 11) is 0. The predicted octanol–water partition coefficient (Wildman–Crippen LogP) is 3.30. The molecule has 0 aliphatic carbocycles. The lowest BCUT2D eigenvalue weighted by Gasteiger charge is -2.31. The summed E-state index contributed by atoms with van der Waals surface area (Å²) in [6, 6.07) is 13.6. The number of benzene rings is 1. The van der Waals surface area contributed by atoms with Crippen molar-refractivity contribution in [1.29, 1.82) is 0 Å². The third-order valence-corrected chi connectivity index (χ3v) is 5.12. The molecule has 30 heavy (non-hydrogen) atoms. The zero-order chi connectivity index (χ0) is 20.9. The number of nitro groups is 1. The largest absolute Gasteiger partial charge is 0.355 e. The number of hydrogen-bond acceptors (Lipinski definition) is 7. The fraction of sp³-hybridized carbons (Fsp3) is 0.238. The predicted molar refractivity (Wildman–Crippen MR) is 112 cm³/mol. The van der Waals surface area contributed by atoms with Crippen molar-refractivity contribution in [3.63, 3.8) is 0 Å². The number of amides is 1. The molecule has 1 amide bonds. The molecule has 1 N–H and O–H groups in total. The molecule has 1 saturated heterocycles. The molecular weight excluding hydrogens is 384 g/mol. The molecule has 1 aliphatic rings. The van der Waals surface area contributed by atoms with E-state index in [1.165, 1.54) is 12.1 Å². The number of pyridine rings is 1. The van der Waals surface area contributed by atoms with Gasteiger partial charge in [-0.3, -0.25) is 19.9 Å². The molecule has 0 unspecified atom stereocenters. The first-order valence-electron chi connectivity index (χ1n) is 9.64. The van der Waals surface area contributed by atoms with Gasteiger partial charge in [0.2, 0.25) is 5.91 Å². The summed E-state index contributed by atoms with van der Waals surface area (Å²) in [5, 5.41) is 22.3. The minimum absolute atomic E-state index is 0.0454. The standard InChI is InChI=1S/C21H20N6O3/c28-21(23-17-4-1-5-18(13-17)27(29)30)15-8-11-26(12-9-15)20-7-6-19(24-25-20)16-3-2-10-22-14-16/h1-7,10,13-15H,8-9,11-12H2,(H,23,28). The summed E-state index contributed by atoms with van der Waals surface area (Å²) >= 11 is 0. The molecule has 0 bridgehead atoms. The maximum absolute atomic E-state index is 12.6. The molecule has 0 radical (unpaired) electrons. The zero-order valence-electron chi connectivity index (χ0n) is 16.1. The smallest absolute Gasteiger partial charge is 0.271 e. The normalized spacial score (nSPS) is 14.3. The Morgan fingerprint density at radius 3 is 2.60 bits per heavy atom. The van der Waals surface area contributed by atoms with Crippen LogP contribution in [-0.2, 0) is 4.79 Å². The number of aromatic nitrogens is 3. The lowest BCUT2D eigenvalue weighted by molar-refractivity contribution is -0.384. The highest BCUT2D eigenvalue weighted by molar-refractivity contribution is 5.93. The fourth-order valence-corrected chi connectivity index (χ4v) is 3.47. The quantitative estimate of drug-likeness (QED) is 0.512. The molecular formula is C21H20N6O3. The molecule has 0 spiro atoms. The molecule has 9 heteroatoms. The molecule has 2 aromatic heterocycles. The molecule has 9 nitrogen and oxygen atoms in total. The first-order valence-corrected chi connectivity index (χ1v) is 9.64. The van der Waals surface area contributed by atoms with Crippen LogP contribution in [0.3, 0.4) is 0 Å². The van der Waals surface area contributed by atoms with Crippen LogP contribution < -0.4 is 10.2 Å². The Labute approximate surface area is 172 Å². The van der Waals surface area contributed by atoms with E-state index in [2.05, 4.69) is 25.4 Å². The fourth-order valence-electron chi connectivity index (χ4n) is 3.47. The van der Waals surface area contributed by atoms with E-state index in [9.17, 15) is 14.9 Å². The van der Waals surface area contributed by atoms with Crippen molar-refractivity contribution in [2.24, 2.45) is 5.92 Å². The van der Waals surface area contributed by atoms with E-state index >= 15 is 0 Å². The van der Waals surface area contributed by atoms with Crippen molar-refractivity contribution in [1.82, 2.24) is 15.2 Å². The zero-order valence-corrected chi connectivity index (χ0v) is 16.1. The van der Waals surface area contributed by atoms with Gasteiger partial charge >= 0.3 is 0 Å². The number of carbonyl (C=O) groups excluding carboxylic acids is 1. The lowest BCUT2D eigenvalue weighted by atomic mass is 9.95. The van der Waals surface area contributed by atoms with Crippen molar-refractivity contribution in [2.45, 2.75) is 12.8 Å². The Balaban J connectivity index is 1.34. The van der Waals surface area contributed by atoms with Gasteiger partial charge in [0.15, 0.2) is 5.82 Å². The second-order valence-electron chi connectivity index (χ2n) is 7.08. The van der Waals surface area contributed by atoms with Crippen molar-refractivity contribution in [2.75, 3.05) is 23.3 Å². The number of anilines is 2. The molecule has 0 atom stereocenters. The van der Waals surface area contributed by atoms with Crippen molar-refractivity contribution in [3.8, 4) is 11.3 Å². The Hall–Kier alpha value is -3.88. The molecule has 4 rings (SSSR count). The number of rotatable bonds is 5. The SMILES string of the molecule is O=C(Nc1cccc([N+](=O)[O-])c1)C1CCN(c2ccc(-c3cccnc3)nn2)CC1. The Morgan fingerprint density at radius 2 is 1.93 bits per heavy atom. The van der Waals surface area contributed by atoms with Crippen LogP contribution in [0.1, 0.15) is 12.8 Å². The topological polar surface area (TPSA) is 114 Å². The summed E-state index contributed by atoms with van der Waals surface area (Å²) in [5.74, 6) is 0.511. The minimum atomic E-state index is -0.477. The number of carbonyl (C=O) groups is 1. The van der Waals surface area contributed by atoms with E-state index in [0.717, 1.165) is 17.1 Å². The van der Waals surface area contributed by atoms with Gasteiger partial charge in [-0.05, 0) is 43.2 Å². The second-order valence-corrected chi connectivity index (χ2v) is 7.08. The van der Waals surface area contributed by atoms with Crippen molar-refractivity contribution >= 4 is 23.1 Å². The van der Waals surface area contributed by atoms with Crippen LogP contribution in [0.15, 0.2) is 60.9 Å². The van der Waals surface area contributed by atoms with Crippen LogP contribution >= 0.6 is 0 Å². The van der Waals surface area contributed by atoms with Gasteiger partial charge in [-0.2, -0.15) is 0 Å². The van der Waals surface area contributed by atoms with Crippen LogP contribution in [0.5, 0.6) is 0 Å². The average Bonchev–Trinajstić information content (AvgIpc) is 2.80. The second kappa shape index (κ2) is 8.64. The maximum Gasteiger partial charge on any atom is 0.271 e. The van der Waals surface area contributed by atoms with Crippen molar-refractivity contribution in [3.05, 3.63) is 71.0 Å². The van der Waals surface area contributed by atoms with E-state index in [4.69, 9.17) is 0 Å². The first kappa shape index (κ1) is 19.4. The van der Waals surface area contributed by atoms with Gasteiger partial charge < -0.3 is 10.2 Å². The monoisotopic (exact) mass is 404 g/mol. The van der Waals surface area contributed by atoms with Gasteiger partial charge in [-0.25, -0.2) is 0 Å². The minimum Gasteiger partial charge on any atom is -0.355 e. The Bertz CT molecular complexity index is 1030. The average molecular weight is 404 g/mol. The van der Waals surface area contributed by atoms with Gasteiger partial charge in [-0.15, -0.1) is 10.2 Å². The third-order valence-electron chi connectivity index (χ3n) is 5.12. The molecule has 152 valence electrons. The molecule has 3 aromatic rings. The summed E-state index contributed by atoms with van der Waals surface area (Å²) in [4.78, 5) is 29.2. The van der Waals surface area contributed by atoms with Gasteiger partial charge in [0.1, 0.15) is 0 Å². The van der Waals surface area contributed by atoms with Crippen LogP contribution in [0, 0.1) is 16.0 Å². The highest BCUT2D eigenvalue weighted by atomic mass is 16.6. The van der Waals surface area contributed by atoms with E-state index in [1.54, 1.807) is 24.5 Å². The summed E-state index contributed by atoms with van der Waals surface area (Å²) < 4.78 is 0. The summed E-state index contributed by atoms with van der Waals surface area (Å²) in [6.45, 7) is 1.38. The maximum atomic E-state index is 12.6. The number of nitro benzene ring substituents is 1. The van der Waals surface area contributed by atoms with Crippen molar-refractivity contribution < 1.29 is 9.72 Å². The van der Waals surface area contributed by atoms with Gasteiger partial charge in [0, 0.05) is 54.8 Å². The van der Waals surface area contributed by atoms with Gasteiger partial charge in [0.05, 0.1) is 10.6 Å². The summed E-state index contributed by atoms with van der Waals surface area (Å²) in [6.07, 6.45) is 4.80. The molecule has 1 aromatic carbocycles. The number of piperidine rings is 1. The van der Waals surface area contributed by atoms with Crippen LogP contribution in [-0.4, -0.2) is 39.1 Å². The molecule has 3 heterocycles.